The minimum Gasteiger partial charge on any atom is -0.780 e. The van der Waals surface area contributed by atoms with Crippen molar-refractivity contribution in [2.24, 2.45) is 7.05 Å². The molecule has 98 heavy (non-hydrogen) atoms. The van der Waals surface area contributed by atoms with Crippen LogP contribution in [0.5, 0.6) is 0 Å². The summed E-state index contributed by atoms with van der Waals surface area (Å²) in [6.45, 7) is -14.3. The van der Waals surface area contributed by atoms with Crippen LogP contribution in [0.2, 0.25) is 0 Å². The third-order valence-electron chi connectivity index (χ3n) is 15.2. The Bertz CT molecular complexity index is 4830. The molecule has 0 aliphatic carbocycles. The highest BCUT2D eigenvalue weighted by atomic mass is 32.5. The number of ether oxygens (including phenoxy) is 5. The largest absolute Gasteiger partial charge is 0.780 e. The van der Waals surface area contributed by atoms with E-state index in [4.69, 9.17) is 97.4 Å². The van der Waals surface area contributed by atoms with Crippen LogP contribution in [0.4, 0.5) is 23.7 Å². The fourth-order valence-corrected chi connectivity index (χ4v) is 17.4. The third-order valence-corrected chi connectivity index (χ3v) is 22.6. The number of fused-ring (bicyclic) bond motifs is 4. The Morgan fingerprint density at radius 1 is 0.541 bits per heavy atom. The van der Waals surface area contributed by atoms with Crippen LogP contribution in [0.3, 0.4) is 0 Å². The molecule has 8 aromatic heterocycles. The van der Waals surface area contributed by atoms with E-state index in [1.807, 2.05) is 0 Å². The van der Waals surface area contributed by atoms with Crippen LogP contribution < -0.4 is 49.1 Å². The molecule has 12 heterocycles. The van der Waals surface area contributed by atoms with Gasteiger partial charge < -0.3 is 110 Å². The van der Waals surface area contributed by atoms with Crippen LogP contribution in [0.15, 0.2) is 46.0 Å². The molecule has 0 bridgehead atoms. The second-order valence-electron chi connectivity index (χ2n) is 21.6. The van der Waals surface area contributed by atoms with Crippen molar-refractivity contribution in [2.45, 2.75) is 98.2 Å². The van der Waals surface area contributed by atoms with Gasteiger partial charge in [0, 0.05) is 7.11 Å². The highest BCUT2D eigenvalue weighted by Crippen LogP contribution is 2.68. The highest BCUT2D eigenvalue weighted by molar-refractivity contribution is 8.07. The quantitative estimate of drug-likeness (QED) is 0.0187. The van der Waals surface area contributed by atoms with Crippen LogP contribution in [0, 0.1) is 0 Å². The van der Waals surface area contributed by atoms with Crippen LogP contribution in [0.25, 0.3) is 44.7 Å². The standard InChI is InChI=1S/C42H55N20O29P5S2/c1-58-11-62(32-19(58)35(70)57-42(46)54-32)37-23(66)20(63)12(85-37)3-80-92(71,72)90-94(75,76)91-93(73,74)81-5-15-26(27(79-2)39(87-15)59-8-49-16-28(43)47-7-48-29(16)59)89-96(78,98)83-6-14-25(24(67)38(86-14)61-10-51-18-31(61)53-41(45)56-34(18)69)88-95(77,97)82-4-13-21(64)22(65)36(84-13)60-9-50-17-30(60)52-40(44)55-33(17)68/h7-15,20-27,36-39,63-67H,3-6H2,1-2H3,(H15-,43,44,45,46,47,48,52,53,54,55,56,57,68,69,70,71,72,73,74,75,76,77,78,97,98). The molecule has 4 aliphatic heterocycles. The molecule has 4 saturated heterocycles. The number of anilines is 4. The van der Waals surface area contributed by atoms with E-state index >= 15 is 0 Å². The van der Waals surface area contributed by atoms with E-state index in [0.717, 1.165) is 46.1 Å². The fourth-order valence-electron chi connectivity index (χ4n) is 11.0. The van der Waals surface area contributed by atoms with Crippen LogP contribution >= 0.6 is 36.9 Å². The van der Waals surface area contributed by atoms with Crippen molar-refractivity contribution in [3.8, 4) is 0 Å². The number of nitrogens with zero attached hydrogens (tertiary/aromatic N) is 13. The van der Waals surface area contributed by atoms with E-state index < -0.39 is 184 Å². The summed E-state index contributed by atoms with van der Waals surface area (Å²) in [6.07, 6.45) is -22.4. The van der Waals surface area contributed by atoms with Gasteiger partial charge in [0.25, 0.3) is 22.3 Å². The van der Waals surface area contributed by atoms with Crippen molar-refractivity contribution >= 4 is 129 Å². The maximum absolute atomic E-state index is 14.6. The first-order valence-electron chi connectivity index (χ1n) is 27.7. The minimum atomic E-state index is -6.29. The lowest BCUT2D eigenvalue weighted by Crippen LogP contribution is -2.39. The number of aryl methyl sites for hydroxylation is 1. The predicted octanol–water partition coefficient (Wildman–Crippen LogP) is -6.63. The Balaban J connectivity index is 0.740. The first-order chi connectivity index (χ1) is 46.0. The summed E-state index contributed by atoms with van der Waals surface area (Å²) in [5.74, 6) is -1.18. The number of methoxy groups -OCH3 is 1. The number of rotatable bonds is 25. The number of aromatic amines is 3. The highest BCUT2D eigenvalue weighted by Gasteiger charge is 2.54. The molecule has 20 N–H and O–H groups in total. The molecule has 4 fully saturated rings. The van der Waals surface area contributed by atoms with Gasteiger partial charge >= 0.3 is 35.7 Å². The summed E-state index contributed by atoms with van der Waals surface area (Å²) in [5.41, 5.74) is 19.9. The zero-order valence-electron chi connectivity index (χ0n) is 49.3. The van der Waals surface area contributed by atoms with E-state index in [1.54, 1.807) is 0 Å². The average Bonchev–Trinajstić information content (AvgIpc) is 1.62. The van der Waals surface area contributed by atoms with Crippen molar-refractivity contribution in [3.05, 3.63) is 62.7 Å². The first kappa shape index (κ1) is 71.7. The third kappa shape index (κ3) is 14.3. The van der Waals surface area contributed by atoms with Gasteiger partial charge in [-0.1, -0.05) is 11.8 Å². The number of phosphoric acid groups is 3. The fraction of sp³-hybridized carbons (Fsp3) is 0.524. The van der Waals surface area contributed by atoms with Gasteiger partial charge in [0.05, 0.1) is 52.5 Å². The summed E-state index contributed by atoms with van der Waals surface area (Å²) in [6, 6.07) is 0. The minimum absolute atomic E-state index is 0.0103. The lowest BCUT2D eigenvalue weighted by molar-refractivity contribution is -0.646. The van der Waals surface area contributed by atoms with Gasteiger partial charge in [-0.15, -0.1) is 0 Å². The normalized spacial score (nSPS) is 30.7. The van der Waals surface area contributed by atoms with Crippen molar-refractivity contribution in [1.29, 1.82) is 0 Å². The van der Waals surface area contributed by atoms with Crippen molar-refractivity contribution in [2.75, 3.05) is 56.5 Å². The molecule has 12 rings (SSSR count). The molecule has 0 radical (unpaired) electrons. The smallest absolute Gasteiger partial charge is 0.490 e. The molecular weight excluding hydrogens is 1470 g/mol. The van der Waals surface area contributed by atoms with Crippen molar-refractivity contribution < 1.29 is 128 Å². The van der Waals surface area contributed by atoms with Gasteiger partial charge in [-0.25, -0.2) is 43.2 Å². The molecule has 0 saturated carbocycles. The topological polar surface area (TPSA) is 706 Å². The van der Waals surface area contributed by atoms with Crippen LogP contribution in [-0.2, 0) is 104 Å². The maximum atomic E-state index is 14.6. The number of hydrogen-bond acceptors (Lipinski definition) is 39. The number of nitrogens with one attached hydrogen (secondary N) is 3. The zero-order chi connectivity index (χ0) is 70.6. The summed E-state index contributed by atoms with van der Waals surface area (Å²) in [5, 5.41) is 55.7. The van der Waals surface area contributed by atoms with E-state index in [2.05, 4.69) is 63.4 Å². The number of aliphatic hydroxyl groups excluding tert-OH is 5. The van der Waals surface area contributed by atoms with Crippen LogP contribution in [0.1, 0.15) is 24.9 Å². The molecule has 534 valence electrons. The van der Waals surface area contributed by atoms with E-state index in [0.29, 0.717) is 0 Å². The monoisotopic (exact) mass is 1520 g/mol. The summed E-state index contributed by atoms with van der Waals surface area (Å²) in [7, 11) is -15.7. The average molecular weight is 1520 g/mol. The number of nitrogens with two attached hydrogens (primary N) is 4. The van der Waals surface area contributed by atoms with Crippen molar-refractivity contribution in [3.63, 3.8) is 0 Å². The molecule has 0 amide bonds. The molecular formula is C42H55N20O29P5S2. The predicted molar refractivity (Wildman–Crippen MR) is 323 cm³/mol. The number of aliphatic hydroxyl groups is 5. The lowest BCUT2D eigenvalue weighted by Gasteiger charge is -2.35. The number of aromatic nitrogens is 16. The lowest BCUT2D eigenvalue weighted by atomic mass is 10.1. The molecule has 49 nitrogen and oxygen atoms in total. The number of H-pyrrole nitrogens is 3. The summed E-state index contributed by atoms with van der Waals surface area (Å²) in [4.78, 5) is 135. The van der Waals surface area contributed by atoms with Gasteiger partial charge in [0.2, 0.25) is 30.4 Å². The van der Waals surface area contributed by atoms with Crippen LogP contribution in [-0.4, -0.2) is 225 Å². The Labute approximate surface area is 552 Å². The molecule has 56 heteroatoms. The zero-order valence-corrected chi connectivity index (χ0v) is 55.4. The van der Waals surface area contributed by atoms with Gasteiger partial charge in [0.15, 0.2) is 52.5 Å². The number of hydrogen-bond donors (Lipinski definition) is 16. The molecule has 21 unspecified atom stereocenters. The number of imidazole rings is 4. The Kier molecular flexibility index (Phi) is 19.8. The second kappa shape index (κ2) is 27.0. The Morgan fingerprint density at radius 2 is 0.990 bits per heavy atom. The molecule has 8 aromatic rings. The number of phosphoric ester groups is 2. The van der Waals surface area contributed by atoms with Gasteiger partial charge in [0.1, 0.15) is 91.8 Å². The Hall–Kier alpha value is -6.13. The second-order valence-corrected chi connectivity index (χ2v) is 31.7. The Morgan fingerprint density at radius 3 is 1.55 bits per heavy atom. The van der Waals surface area contributed by atoms with Crippen molar-refractivity contribution in [1.82, 2.24) is 73.1 Å². The molecule has 0 spiro atoms. The number of nitrogen functional groups attached to an aromatic ring is 4. The molecule has 4 aliphatic rings. The first-order valence-corrected chi connectivity index (χ1v) is 37.3. The summed E-state index contributed by atoms with van der Waals surface area (Å²) < 4.78 is 116. The maximum Gasteiger partial charge on any atom is 0.490 e. The van der Waals surface area contributed by atoms with E-state index in [9.17, 15) is 78.1 Å². The van der Waals surface area contributed by atoms with E-state index in [-0.39, 0.29) is 62.4 Å². The van der Waals surface area contributed by atoms with Gasteiger partial charge in [-0.2, -0.15) is 28.1 Å². The summed E-state index contributed by atoms with van der Waals surface area (Å²) >= 11 is 10.7. The molecule has 21 atom stereocenters. The van der Waals surface area contributed by atoms with E-state index in [1.165, 1.54) is 22.5 Å². The van der Waals surface area contributed by atoms with Gasteiger partial charge in [-0.05, 0) is 11.8 Å². The SMILES string of the molecule is COC1C(OP([O-])(=S)OCC2OC(n3cnc4c(=O)[nH]c(N)nc43)C(O)C2OP(O)(=S)OCC2OC(n3cnc4c(=O)[nH]c(N)nc43)C(O)C2O)C(COP(=O)(O)OP(=O)(O)OP(=O)(O)OCC2OC(n3c[n+](C)c4c(=O)[nH]c(N)nc43)C(O)C2O)OC1n1cnc2c(N)ncnc21. The molecule has 0 aromatic carbocycles. The van der Waals surface area contributed by atoms with Gasteiger partial charge in [-0.3, -0.25) is 56.6 Å².